The molecular weight excluding hydrogens is 270 g/mol. The second-order valence-corrected chi connectivity index (χ2v) is 4.74. The molecule has 6 nitrogen and oxygen atoms in total. The largest absolute Gasteiger partial charge is 0.377 e. The highest BCUT2D eigenvalue weighted by Crippen LogP contribution is 2.19. The van der Waals surface area contributed by atoms with Crippen LogP contribution in [0.25, 0.3) is 6.08 Å². The third-order valence-corrected chi connectivity index (χ3v) is 2.98. The van der Waals surface area contributed by atoms with Crippen molar-refractivity contribution in [3.8, 4) is 0 Å². The summed E-state index contributed by atoms with van der Waals surface area (Å²) < 4.78 is 0. The predicted octanol–water partition coefficient (Wildman–Crippen LogP) is 0.214. The fraction of sp³-hybridized carbons (Fsp3) is 0.200. The zero-order valence-corrected chi connectivity index (χ0v) is 11.8. The molecular formula is C15H17N3O3. The van der Waals surface area contributed by atoms with Gasteiger partial charge in [-0.1, -0.05) is 30.4 Å². The molecule has 3 N–H and O–H groups in total. The molecule has 0 aliphatic carbocycles. The van der Waals surface area contributed by atoms with Crippen molar-refractivity contribution >= 4 is 23.6 Å². The molecule has 0 bridgehead atoms. The molecule has 6 heteroatoms. The van der Waals surface area contributed by atoms with Crippen molar-refractivity contribution in [1.29, 1.82) is 0 Å². The molecule has 1 aliphatic rings. The Labute approximate surface area is 122 Å². The first-order chi connectivity index (χ1) is 9.99. The van der Waals surface area contributed by atoms with E-state index in [0.717, 1.165) is 11.3 Å². The van der Waals surface area contributed by atoms with E-state index in [1.165, 1.54) is 6.08 Å². The van der Waals surface area contributed by atoms with E-state index < -0.39 is 18.2 Å². The lowest BCUT2D eigenvalue weighted by atomic mass is 10.1. The van der Waals surface area contributed by atoms with Crippen molar-refractivity contribution in [2.45, 2.75) is 6.35 Å². The first kappa shape index (κ1) is 14.8. The maximum atomic E-state index is 11.6. The third-order valence-electron chi connectivity index (χ3n) is 2.98. The van der Waals surface area contributed by atoms with Crippen molar-refractivity contribution < 1.29 is 14.7 Å². The molecule has 1 aromatic rings. The average Bonchev–Trinajstić information content (AvgIpc) is 2.42. The number of hydrogen-bond acceptors (Lipinski definition) is 4. The number of para-hydroxylation sites is 1. The monoisotopic (exact) mass is 287 g/mol. The number of nitrogens with zero attached hydrogens (tertiary/aromatic N) is 1. The van der Waals surface area contributed by atoms with Gasteiger partial charge in [0, 0.05) is 19.8 Å². The summed E-state index contributed by atoms with van der Waals surface area (Å²) in [5, 5.41) is 13.6. The Hall–Kier alpha value is -2.60. The SMILES string of the molecule is CN(C)c1ccccc1C=CC=C1C(=O)NC(O)NC1=O. The number of nitrogens with one attached hydrogen (secondary N) is 2. The topological polar surface area (TPSA) is 81.7 Å². The fourth-order valence-corrected chi connectivity index (χ4v) is 1.98. The van der Waals surface area contributed by atoms with Crippen molar-refractivity contribution in [2.24, 2.45) is 0 Å². The lowest BCUT2D eigenvalue weighted by Crippen LogP contribution is -2.55. The van der Waals surface area contributed by atoms with E-state index in [2.05, 4.69) is 10.6 Å². The lowest BCUT2D eigenvalue weighted by Gasteiger charge is -2.21. The van der Waals surface area contributed by atoms with E-state index in [9.17, 15) is 9.59 Å². The Morgan fingerprint density at radius 3 is 2.38 bits per heavy atom. The molecule has 1 aliphatic heterocycles. The van der Waals surface area contributed by atoms with Crippen molar-refractivity contribution in [1.82, 2.24) is 10.6 Å². The molecule has 0 saturated carbocycles. The number of hydrogen-bond donors (Lipinski definition) is 3. The second-order valence-electron chi connectivity index (χ2n) is 4.74. The molecule has 110 valence electrons. The van der Waals surface area contributed by atoms with Gasteiger partial charge in [0.25, 0.3) is 11.8 Å². The quantitative estimate of drug-likeness (QED) is 0.548. The zero-order valence-electron chi connectivity index (χ0n) is 11.8. The highest BCUT2D eigenvalue weighted by molar-refractivity contribution is 6.20. The fourth-order valence-electron chi connectivity index (χ4n) is 1.98. The normalized spacial score (nSPS) is 18.4. The van der Waals surface area contributed by atoms with Crippen LogP contribution in [0.2, 0.25) is 0 Å². The minimum atomic E-state index is -1.33. The maximum absolute atomic E-state index is 11.6. The Morgan fingerprint density at radius 2 is 1.76 bits per heavy atom. The molecule has 0 unspecified atom stereocenters. The van der Waals surface area contributed by atoms with E-state index >= 15 is 0 Å². The molecule has 0 aromatic heterocycles. The van der Waals surface area contributed by atoms with Crippen LogP contribution >= 0.6 is 0 Å². The maximum Gasteiger partial charge on any atom is 0.260 e. The second kappa shape index (κ2) is 6.23. The zero-order chi connectivity index (χ0) is 15.4. The summed E-state index contributed by atoms with van der Waals surface area (Å²) in [6.07, 6.45) is 3.53. The van der Waals surface area contributed by atoms with Gasteiger partial charge in [0.1, 0.15) is 5.57 Å². The number of allylic oxidation sites excluding steroid dienone is 2. The molecule has 1 heterocycles. The van der Waals surface area contributed by atoms with Crippen LogP contribution < -0.4 is 15.5 Å². The summed E-state index contributed by atoms with van der Waals surface area (Å²) in [5.41, 5.74) is 1.95. The van der Waals surface area contributed by atoms with Gasteiger partial charge < -0.3 is 20.6 Å². The predicted molar refractivity (Wildman–Crippen MR) is 80.2 cm³/mol. The van der Waals surface area contributed by atoms with E-state index in [1.807, 2.05) is 49.3 Å². The van der Waals surface area contributed by atoms with Crippen LogP contribution in [0.1, 0.15) is 5.56 Å². The number of anilines is 1. The standard InChI is InChI=1S/C15H17N3O3/c1-18(2)12-9-4-3-6-10(12)7-5-8-11-13(19)16-15(21)17-14(11)20/h3-9,15,21H,1-2H3,(H,16,19)(H,17,20). The minimum absolute atomic E-state index is 0.0427. The van der Waals surface area contributed by atoms with E-state index in [4.69, 9.17) is 5.11 Å². The highest BCUT2D eigenvalue weighted by atomic mass is 16.3. The molecule has 1 saturated heterocycles. The number of rotatable bonds is 3. The molecule has 1 fully saturated rings. The lowest BCUT2D eigenvalue weighted by molar-refractivity contribution is -0.132. The van der Waals surface area contributed by atoms with Gasteiger partial charge in [-0.25, -0.2) is 0 Å². The van der Waals surface area contributed by atoms with Crippen LogP contribution in [0.15, 0.2) is 42.0 Å². The van der Waals surface area contributed by atoms with E-state index in [-0.39, 0.29) is 5.57 Å². The van der Waals surface area contributed by atoms with Crippen molar-refractivity contribution in [3.63, 3.8) is 0 Å². The van der Waals surface area contributed by atoms with Gasteiger partial charge in [-0.3, -0.25) is 9.59 Å². The van der Waals surface area contributed by atoms with Crippen molar-refractivity contribution in [2.75, 3.05) is 19.0 Å². The van der Waals surface area contributed by atoms with Gasteiger partial charge in [0.2, 0.25) is 6.35 Å². The summed E-state index contributed by atoms with van der Waals surface area (Å²) in [4.78, 5) is 25.2. The number of carbonyl (C=O) groups excluding carboxylic acids is 2. The molecule has 2 rings (SSSR count). The van der Waals surface area contributed by atoms with Gasteiger partial charge >= 0.3 is 0 Å². The van der Waals surface area contributed by atoms with Crippen LogP contribution in [0.5, 0.6) is 0 Å². The molecule has 0 atom stereocenters. The van der Waals surface area contributed by atoms with E-state index in [1.54, 1.807) is 6.08 Å². The van der Waals surface area contributed by atoms with Gasteiger partial charge in [0.15, 0.2) is 0 Å². The van der Waals surface area contributed by atoms with Crippen molar-refractivity contribution in [3.05, 3.63) is 47.6 Å². The summed E-state index contributed by atoms with van der Waals surface area (Å²) >= 11 is 0. The number of benzene rings is 1. The first-order valence-electron chi connectivity index (χ1n) is 6.43. The molecule has 1 aromatic carbocycles. The minimum Gasteiger partial charge on any atom is -0.377 e. The third kappa shape index (κ3) is 3.49. The number of aliphatic hydroxyl groups excluding tert-OH is 1. The van der Waals surface area contributed by atoms with Crippen LogP contribution in [0.4, 0.5) is 5.69 Å². The number of amides is 2. The highest BCUT2D eigenvalue weighted by Gasteiger charge is 2.26. The number of carbonyl (C=O) groups is 2. The Bertz CT molecular complexity index is 600. The molecule has 2 amide bonds. The summed E-state index contributed by atoms with van der Waals surface area (Å²) in [5.74, 6) is -1.20. The smallest absolute Gasteiger partial charge is 0.260 e. The van der Waals surface area contributed by atoms with Crippen LogP contribution in [0, 0.1) is 0 Å². The van der Waals surface area contributed by atoms with Gasteiger partial charge in [-0.15, -0.1) is 0 Å². The molecule has 21 heavy (non-hydrogen) atoms. The first-order valence-corrected chi connectivity index (χ1v) is 6.43. The number of aliphatic hydroxyl groups is 1. The molecule has 0 spiro atoms. The van der Waals surface area contributed by atoms with Crippen LogP contribution in [-0.4, -0.2) is 37.4 Å². The Balaban J connectivity index is 2.21. The van der Waals surface area contributed by atoms with Gasteiger partial charge in [-0.2, -0.15) is 0 Å². The molecule has 0 radical (unpaired) electrons. The van der Waals surface area contributed by atoms with Gasteiger partial charge in [0.05, 0.1) is 0 Å². The summed E-state index contributed by atoms with van der Waals surface area (Å²) in [7, 11) is 3.88. The summed E-state index contributed by atoms with van der Waals surface area (Å²) in [6.45, 7) is 0. The van der Waals surface area contributed by atoms with Crippen LogP contribution in [0.3, 0.4) is 0 Å². The van der Waals surface area contributed by atoms with Gasteiger partial charge in [-0.05, 0) is 17.7 Å². The average molecular weight is 287 g/mol. The summed E-state index contributed by atoms with van der Waals surface area (Å²) in [6, 6.07) is 7.77. The van der Waals surface area contributed by atoms with E-state index in [0.29, 0.717) is 0 Å². The Kier molecular flexibility index (Phi) is 4.39. The Morgan fingerprint density at radius 1 is 1.14 bits per heavy atom. The van der Waals surface area contributed by atoms with Crippen LogP contribution in [-0.2, 0) is 9.59 Å².